The Labute approximate surface area is 199 Å². The summed E-state index contributed by atoms with van der Waals surface area (Å²) >= 11 is 0.912. The molecule has 1 aromatic heterocycles. The summed E-state index contributed by atoms with van der Waals surface area (Å²) in [5.41, 5.74) is 4.77. The third kappa shape index (κ3) is 4.78. The van der Waals surface area contributed by atoms with Crippen molar-refractivity contribution >= 4 is 34.4 Å². The standard InChI is InChI=1S/C24H23N3O6S/c1-13-20(21(29)26-19(10-11-28)22(30)31)34-23(25-13)27-24(32)33-12-18-16-8-4-2-6-14(16)15-7-3-5-9-17(15)18/h2-9,18-19,28H,10-12H2,1H3,(H,26,29)(H,30,31)(H,25,27,32). The monoisotopic (exact) mass is 481 g/mol. The summed E-state index contributed by atoms with van der Waals surface area (Å²) in [6.45, 7) is 1.34. The minimum atomic E-state index is -1.25. The van der Waals surface area contributed by atoms with E-state index < -0.39 is 24.0 Å². The van der Waals surface area contributed by atoms with Gasteiger partial charge >= 0.3 is 12.1 Å². The molecule has 2 amide bonds. The van der Waals surface area contributed by atoms with Gasteiger partial charge in [-0.3, -0.25) is 10.1 Å². The van der Waals surface area contributed by atoms with Crippen molar-refractivity contribution in [1.82, 2.24) is 10.3 Å². The lowest BCUT2D eigenvalue weighted by Gasteiger charge is -2.14. The van der Waals surface area contributed by atoms with E-state index in [1.54, 1.807) is 6.92 Å². The zero-order valence-corrected chi connectivity index (χ0v) is 19.1. The molecule has 0 fully saturated rings. The Morgan fingerprint density at radius 3 is 2.29 bits per heavy atom. The van der Waals surface area contributed by atoms with Gasteiger partial charge in [-0.2, -0.15) is 0 Å². The first kappa shape index (κ1) is 23.4. The number of carboxylic acids is 1. The number of carboxylic acid groups (broad SMARTS) is 1. The van der Waals surface area contributed by atoms with E-state index in [2.05, 4.69) is 27.8 Å². The van der Waals surface area contributed by atoms with E-state index in [-0.39, 0.29) is 35.6 Å². The number of aromatic nitrogens is 1. The molecule has 3 aromatic rings. The Morgan fingerprint density at radius 1 is 1.09 bits per heavy atom. The molecule has 176 valence electrons. The number of aliphatic carboxylic acids is 1. The number of aryl methyl sites for hydroxylation is 1. The molecule has 1 unspecified atom stereocenters. The van der Waals surface area contributed by atoms with Crippen molar-refractivity contribution in [3.8, 4) is 11.1 Å². The van der Waals surface area contributed by atoms with Crippen LogP contribution in [-0.2, 0) is 9.53 Å². The van der Waals surface area contributed by atoms with E-state index >= 15 is 0 Å². The average Bonchev–Trinajstić information content (AvgIpc) is 3.34. The Morgan fingerprint density at radius 2 is 1.71 bits per heavy atom. The lowest BCUT2D eigenvalue weighted by molar-refractivity contribution is -0.139. The van der Waals surface area contributed by atoms with Gasteiger partial charge < -0.3 is 20.3 Å². The Bertz CT molecular complexity index is 1200. The molecule has 0 spiro atoms. The van der Waals surface area contributed by atoms with E-state index in [1.807, 2.05) is 36.4 Å². The molecule has 4 N–H and O–H groups in total. The maximum atomic E-state index is 12.5. The third-order valence-electron chi connectivity index (χ3n) is 5.58. The Kier molecular flexibility index (Phi) is 6.90. The van der Waals surface area contributed by atoms with Crippen LogP contribution in [0.1, 0.15) is 38.8 Å². The molecule has 4 rings (SSSR count). The summed E-state index contributed by atoms with van der Waals surface area (Å²) in [4.78, 5) is 40.5. The number of hydrogen-bond donors (Lipinski definition) is 4. The van der Waals surface area contributed by atoms with Gasteiger partial charge in [-0.1, -0.05) is 59.9 Å². The van der Waals surface area contributed by atoms with Crippen molar-refractivity contribution in [1.29, 1.82) is 0 Å². The van der Waals surface area contributed by atoms with Gasteiger partial charge in [-0.25, -0.2) is 14.6 Å². The molecule has 0 aliphatic heterocycles. The molecule has 1 aliphatic rings. The average molecular weight is 482 g/mol. The predicted molar refractivity (Wildman–Crippen MR) is 126 cm³/mol. The van der Waals surface area contributed by atoms with Crippen LogP contribution in [0.4, 0.5) is 9.93 Å². The number of hydrogen-bond acceptors (Lipinski definition) is 7. The number of amides is 2. The first-order valence-electron chi connectivity index (χ1n) is 10.6. The number of fused-ring (bicyclic) bond motifs is 3. The molecule has 1 heterocycles. The van der Waals surface area contributed by atoms with Gasteiger partial charge in [-0.05, 0) is 29.2 Å². The van der Waals surface area contributed by atoms with Gasteiger partial charge in [-0.15, -0.1) is 0 Å². The van der Waals surface area contributed by atoms with Gasteiger partial charge in [0.25, 0.3) is 5.91 Å². The van der Waals surface area contributed by atoms with Crippen molar-refractivity contribution in [2.75, 3.05) is 18.5 Å². The number of rotatable bonds is 8. The molecule has 1 aliphatic carbocycles. The van der Waals surface area contributed by atoms with Crippen molar-refractivity contribution in [3.63, 3.8) is 0 Å². The molecule has 9 nitrogen and oxygen atoms in total. The highest BCUT2D eigenvalue weighted by Gasteiger charge is 2.29. The molecule has 0 saturated carbocycles. The van der Waals surface area contributed by atoms with Gasteiger partial charge in [0.05, 0.1) is 5.69 Å². The van der Waals surface area contributed by atoms with Crippen molar-refractivity contribution in [3.05, 3.63) is 70.2 Å². The number of anilines is 1. The molecular weight excluding hydrogens is 458 g/mol. The summed E-state index contributed by atoms with van der Waals surface area (Å²) in [5, 5.41) is 23.2. The van der Waals surface area contributed by atoms with Crippen LogP contribution in [0.15, 0.2) is 48.5 Å². The number of ether oxygens (including phenoxy) is 1. The number of thiazole rings is 1. The maximum absolute atomic E-state index is 12.5. The molecule has 0 saturated heterocycles. The van der Waals surface area contributed by atoms with Crippen LogP contribution < -0.4 is 10.6 Å². The van der Waals surface area contributed by atoms with E-state index in [1.165, 1.54) is 0 Å². The van der Waals surface area contributed by atoms with E-state index in [0.717, 1.165) is 33.6 Å². The second-order valence-corrected chi connectivity index (χ2v) is 8.76. The number of benzene rings is 2. The normalized spacial score (nSPS) is 13.0. The maximum Gasteiger partial charge on any atom is 0.413 e. The van der Waals surface area contributed by atoms with Crippen LogP contribution in [0.2, 0.25) is 0 Å². The fraction of sp³-hybridized carbons (Fsp3) is 0.250. The van der Waals surface area contributed by atoms with E-state index in [0.29, 0.717) is 5.69 Å². The van der Waals surface area contributed by atoms with E-state index in [4.69, 9.17) is 14.9 Å². The summed E-state index contributed by atoms with van der Waals surface area (Å²) < 4.78 is 5.49. The topological polar surface area (TPSA) is 138 Å². The summed E-state index contributed by atoms with van der Waals surface area (Å²) in [6.07, 6.45) is -0.824. The van der Waals surface area contributed by atoms with Crippen LogP contribution in [-0.4, -0.2) is 52.4 Å². The van der Waals surface area contributed by atoms with Crippen molar-refractivity contribution in [2.45, 2.75) is 25.3 Å². The minimum absolute atomic E-state index is 0.0861. The SMILES string of the molecule is Cc1nc(NC(=O)OCC2c3ccccc3-c3ccccc32)sc1C(=O)NC(CCO)C(=O)O. The number of aliphatic hydroxyl groups excluding tert-OH is 1. The summed E-state index contributed by atoms with van der Waals surface area (Å²) in [6, 6.07) is 14.8. The van der Waals surface area contributed by atoms with Gasteiger partial charge in [0, 0.05) is 18.9 Å². The van der Waals surface area contributed by atoms with E-state index in [9.17, 15) is 14.4 Å². The summed E-state index contributed by atoms with van der Waals surface area (Å²) in [5.74, 6) is -1.98. The number of nitrogens with zero attached hydrogens (tertiary/aromatic N) is 1. The Hall–Kier alpha value is -3.76. The fourth-order valence-corrected chi connectivity index (χ4v) is 4.85. The molecule has 2 aromatic carbocycles. The highest BCUT2D eigenvalue weighted by atomic mass is 32.1. The quantitative estimate of drug-likeness (QED) is 0.387. The molecule has 0 bridgehead atoms. The van der Waals surface area contributed by atoms with Gasteiger partial charge in [0.2, 0.25) is 0 Å². The van der Waals surface area contributed by atoms with Crippen LogP contribution in [0.3, 0.4) is 0 Å². The smallest absolute Gasteiger partial charge is 0.413 e. The van der Waals surface area contributed by atoms with Gasteiger partial charge in [0.15, 0.2) is 5.13 Å². The number of carbonyl (C=O) groups is 3. The zero-order valence-electron chi connectivity index (χ0n) is 18.3. The van der Waals surface area contributed by atoms with Crippen molar-refractivity contribution in [2.24, 2.45) is 0 Å². The van der Waals surface area contributed by atoms with Crippen LogP contribution in [0.25, 0.3) is 11.1 Å². The van der Waals surface area contributed by atoms with Crippen LogP contribution in [0, 0.1) is 6.92 Å². The minimum Gasteiger partial charge on any atom is -0.480 e. The lowest BCUT2D eigenvalue weighted by atomic mass is 9.98. The fourth-order valence-electron chi connectivity index (χ4n) is 3.99. The van der Waals surface area contributed by atoms with Crippen molar-refractivity contribution < 1.29 is 29.3 Å². The largest absolute Gasteiger partial charge is 0.480 e. The third-order valence-corrected chi connectivity index (χ3v) is 6.65. The first-order chi connectivity index (χ1) is 16.4. The number of aliphatic hydroxyl groups is 1. The second kappa shape index (κ2) is 10.0. The molecule has 0 radical (unpaired) electrons. The lowest BCUT2D eigenvalue weighted by Crippen LogP contribution is -2.41. The van der Waals surface area contributed by atoms with Crippen LogP contribution in [0.5, 0.6) is 0 Å². The zero-order chi connectivity index (χ0) is 24.2. The number of carbonyl (C=O) groups excluding carboxylic acids is 2. The number of nitrogens with one attached hydrogen (secondary N) is 2. The van der Waals surface area contributed by atoms with Gasteiger partial charge in [0.1, 0.15) is 17.5 Å². The molecule has 34 heavy (non-hydrogen) atoms. The first-order valence-corrected chi connectivity index (χ1v) is 11.4. The molecular formula is C24H23N3O6S. The summed E-state index contributed by atoms with van der Waals surface area (Å²) in [7, 11) is 0. The van der Waals surface area contributed by atoms with Crippen LogP contribution >= 0.6 is 11.3 Å². The molecule has 10 heteroatoms. The predicted octanol–water partition coefficient (Wildman–Crippen LogP) is 3.38. The highest BCUT2D eigenvalue weighted by Crippen LogP contribution is 2.44. The Balaban J connectivity index is 1.40. The second-order valence-electron chi connectivity index (χ2n) is 7.76. The molecule has 1 atom stereocenters. The highest BCUT2D eigenvalue weighted by molar-refractivity contribution is 7.17.